The molecular weight excluding hydrogens is 400 g/mol. The van der Waals surface area contributed by atoms with E-state index in [-0.39, 0.29) is 18.1 Å². The van der Waals surface area contributed by atoms with Gasteiger partial charge in [-0.1, -0.05) is 54.1 Å². The zero-order valence-electron chi connectivity index (χ0n) is 16.6. The van der Waals surface area contributed by atoms with Crippen molar-refractivity contribution in [3.63, 3.8) is 0 Å². The van der Waals surface area contributed by atoms with E-state index in [0.29, 0.717) is 18.1 Å². The number of quaternary nitrogens is 1. The number of carbonyl (C=O) groups excluding carboxylic acids is 2. The van der Waals surface area contributed by atoms with Crippen LogP contribution in [-0.2, 0) is 11.3 Å². The number of aromatic nitrogens is 1. The second-order valence-electron chi connectivity index (χ2n) is 7.49. The van der Waals surface area contributed by atoms with Gasteiger partial charge in [0.05, 0.1) is 32.7 Å². The van der Waals surface area contributed by atoms with Gasteiger partial charge in [0, 0.05) is 16.8 Å². The van der Waals surface area contributed by atoms with Gasteiger partial charge in [0.25, 0.3) is 5.91 Å². The molecule has 6 nitrogen and oxygen atoms in total. The van der Waals surface area contributed by atoms with Crippen LogP contribution in [0.2, 0.25) is 5.02 Å². The van der Waals surface area contributed by atoms with E-state index in [4.69, 9.17) is 11.6 Å². The summed E-state index contributed by atoms with van der Waals surface area (Å²) in [7, 11) is 0. The average molecular weight is 424 g/mol. The Kier molecular flexibility index (Phi) is 6.26. The Morgan fingerprint density at radius 3 is 2.63 bits per heavy atom. The number of hydrogen-bond donors (Lipinski definition) is 2. The number of halogens is 1. The van der Waals surface area contributed by atoms with Gasteiger partial charge in [-0.25, -0.2) is 0 Å². The summed E-state index contributed by atoms with van der Waals surface area (Å²) in [5, 5.41) is 5.63. The van der Waals surface area contributed by atoms with E-state index < -0.39 is 5.91 Å². The van der Waals surface area contributed by atoms with Crippen LogP contribution < -0.4 is 10.2 Å². The molecule has 2 amide bonds. The molecule has 0 unspecified atom stereocenters. The van der Waals surface area contributed by atoms with Crippen molar-refractivity contribution in [2.75, 3.05) is 32.7 Å². The van der Waals surface area contributed by atoms with Gasteiger partial charge in [0.2, 0.25) is 5.91 Å². The summed E-state index contributed by atoms with van der Waals surface area (Å²) in [5.41, 5.74) is 1.55. The first kappa shape index (κ1) is 20.3. The molecule has 4 rings (SSSR count). The summed E-state index contributed by atoms with van der Waals surface area (Å²) in [5.74, 6) is -0.472. The first-order chi connectivity index (χ1) is 14.6. The van der Waals surface area contributed by atoms with Crippen LogP contribution in [0.15, 0.2) is 60.8 Å². The number of benzene rings is 2. The smallest absolute Gasteiger partial charge is 0.270 e. The van der Waals surface area contributed by atoms with Crippen LogP contribution in [0.1, 0.15) is 16.1 Å². The van der Waals surface area contributed by atoms with Crippen LogP contribution in [0.5, 0.6) is 0 Å². The van der Waals surface area contributed by atoms with Crippen LogP contribution in [0.4, 0.5) is 0 Å². The van der Waals surface area contributed by atoms with Gasteiger partial charge in [-0.3, -0.25) is 14.6 Å². The highest BCUT2D eigenvalue weighted by Crippen LogP contribution is 2.17. The minimum atomic E-state index is -0.397. The average Bonchev–Trinajstić information content (AvgIpc) is 2.78. The summed E-state index contributed by atoms with van der Waals surface area (Å²) >= 11 is 5.88. The molecule has 2 N–H and O–H groups in total. The lowest BCUT2D eigenvalue weighted by atomic mass is 10.0. The molecule has 154 valence electrons. The summed E-state index contributed by atoms with van der Waals surface area (Å²) < 4.78 is 0. The molecule has 0 spiro atoms. The minimum absolute atomic E-state index is 0.0360. The van der Waals surface area contributed by atoms with Gasteiger partial charge < -0.3 is 15.1 Å². The zero-order valence-corrected chi connectivity index (χ0v) is 17.4. The van der Waals surface area contributed by atoms with E-state index in [2.05, 4.69) is 52.8 Å². The van der Waals surface area contributed by atoms with E-state index in [1.165, 1.54) is 33.5 Å². The second kappa shape index (κ2) is 9.24. The van der Waals surface area contributed by atoms with E-state index in [0.717, 1.165) is 19.6 Å². The molecule has 0 aliphatic carbocycles. The summed E-state index contributed by atoms with van der Waals surface area (Å²) in [6, 6.07) is 18.0. The molecule has 7 heteroatoms. The van der Waals surface area contributed by atoms with Gasteiger partial charge in [0.1, 0.15) is 12.2 Å². The number of amides is 2. The van der Waals surface area contributed by atoms with E-state index in [1.54, 1.807) is 6.07 Å². The third kappa shape index (κ3) is 4.78. The molecule has 3 aromatic rings. The number of nitrogens with one attached hydrogen (secondary N) is 2. The Labute approximate surface area is 180 Å². The van der Waals surface area contributed by atoms with Crippen molar-refractivity contribution in [1.29, 1.82) is 0 Å². The Morgan fingerprint density at radius 2 is 1.83 bits per heavy atom. The fourth-order valence-electron chi connectivity index (χ4n) is 3.85. The Hall–Kier alpha value is -2.96. The lowest BCUT2D eigenvalue weighted by Gasteiger charge is -2.32. The third-order valence-corrected chi connectivity index (χ3v) is 5.73. The predicted octanol–water partition coefficient (Wildman–Crippen LogP) is 1.55. The van der Waals surface area contributed by atoms with Crippen LogP contribution in [0, 0.1) is 0 Å². The standard InChI is InChI=1S/C23H23ClN4O2/c24-19-8-9-25-21(14-19)23(30)26-15-22(29)28-12-10-27(11-13-28)16-18-6-3-5-17-4-1-2-7-20(17)18/h1-9,14H,10-13,15-16H2,(H,26,30)/p+1. The monoisotopic (exact) mass is 423 g/mol. The molecule has 1 saturated heterocycles. The van der Waals surface area contributed by atoms with Crippen molar-refractivity contribution in [2.45, 2.75) is 6.54 Å². The molecule has 2 aromatic carbocycles. The Morgan fingerprint density at radius 1 is 1.07 bits per heavy atom. The summed E-state index contributed by atoms with van der Waals surface area (Å²) in [6.45, 7) is 4.05. The van der Waals surface area contributed by atoms with Gasteiger partial charge in [-0.15, -0.1) is 0 Å². The molecule has 1 aromatic heterocycles. The highest BCUT2D eigenvalue weighted by atomic mass is 35.5. The Balaban J connectivity index is 1.28. The van der Waals surface area contributed by atoms with Gasteiger partial charge in [-0.2, -0.15) is 0 Å². The maximum Gasteiger partial charge on any atom is 0.270 e. The number of nitrogens with zero attached hydrogens (tertiary/aromatic N) is 2. The van der Waals surface area contributed by atoms with E-state index in [1.807, 2.05) is 4.90 Å². The van der Waals surface area contributed by atoms with Crippen molar-refractivity contribution < 1.29 is 14.5 Å². The Bertz CT molecular complexity index is 1060. The third-order valence-electron chi connectivity index (χ3n) is 5.50. The van der Waals surface area contributed by atoms with Crippen LogP contribution in [0.3, 0.4) is 0 Å². The lowest BCUT2D eigenvalue weighted by Crippen LogP contribution is -3.13. The molecule has 0 atom stereocenters. The van der Waals surface area contributed by atoms with Crippen molar-refractivity contribution in [3.8, 4) is 0 Å². The number of piperazine rings is 1. The first-order valence-electron chi connectivity index (χ1n) is 10.1. The van der Waals surface area contributed by atoms with Crippen molar-refractivity contribution >= 4 is 34.2 Å². The van der Waals surface area contributed by atoms with Gasteiger partial charge in [-0.05, 0) is 22.9 Å². The number of fused-ring (bicyclic) bond motifs is 1. The fourth-order valence-corrected chi connectivity index (χ4v) is 4.01. The van der Waals surface area contributed by atoms with E-state index in [9.17, 15) is 9.59 Å². The number of pyridine rings is 1. The molecule has 2 heterocycles. The zero-order chi connectivity index (χ0) is 20.9. The molecule has 1 aliphatic rings. The van der Waals surface area contributed by atoms with Gasteiger partial charge in [0.15, 0.2) is 0 Å². The molecule has 1 fully saturated rings. The van der Waals surface area contributed by atoms with Gasteiger partial charge >= 0.3 is 0 Å². The maximum atomic E-state index is 12.5. The molecular formula is C23H24ClN4O2+. The number of hydrogen-bond acceptors (Lipinski definition) is 3. The first-order valence-corrected chi connectivity index (χ1v) is 10.5. The van der Waals surface area contributed by atoms with Crippen LogP contribution in [-0.4, -0.2) is 54.4 Å². The molecule has 30 heavy (non-hydrogen) atoms. The maximum absolute atomic E-state index is 12.5. The SMILES string of the molecule is O=C(NCC(=O)N1CC[NH+](Cc2cccc3ccccc23)CC1)c1cc(Cl)ccn1. The highest BCUT2D eigenvalue weighted by molar-refractivity contribution is 6.30. The quantitative estimate of drug-likeness (QED) is 0.654. The largest absolute Gasteiger partial charge is 0.342 e. The predicted molar refractivity (Wildman–Crippen MR) is 117 cm³/mol. The minimum Gasteiger partial charge on any atom is -0.342 e. The van der Waals surface area contributed by atoms with Crippen LogP contribution >= 0.6 is 11.6 Å². The van der Waals surface area contributed by atoms with Crippen molar-refractivity contribution in [1.82, 2.24) is 15.2 Å². The normalized spacial score (nSPS) is 14.6. The van der Waals surface area contributed by atoms with Crippen molar-refractivity contribution in [3.05, 3.63) is 77.1 Å². The fraction of sp³-hybridized carbons (Fsp3) is 0.261. The number of carbonyl (C=O) groups is 2. The van der Waals surface area contributed by atoms with E-state index >= 15 is 0 Å². The van der Waals surface area contributed by atoms with Crippen LogP contribution in [0.25, 0.3) is 10.8 Å². The second-order valence-corrected chi connectivity index (χ2v) is 7.92. The number of rotatable bonds is 5. The molecule has 0 saturated carbocycles. The molecule has 0 radical (unpaired) electrons. The lowest BCUT2D eigenvalue weighted by molar-refractivity contribution is -0.917. The highest BCUT2D eigenvalue weighted by Gasteiger charge is 2.24. The summed E-state index contributed by atoms with van der Waals surface area (Å²) in [4.78, 5) is 31.9. The summed E-state index contributed by atoms with van der Waals surface area (Å²) in [6.07, 6.45) is 1.47. The molecule has 0 bridgehead atoms. The topological polar surface area (TPSA) is 66.7 Å². The van der Waals surface area contributed by atoms with Crippen molar-refractivity contribution in [2.24, 2.45) is 0 Å². The molecule has 1 aliphatic heterocycles.